The van der Waals surface area contributed by atoms with E-state index < -0.39 is 10.1 Å². The fourth-order valence-corrected chi connectivity index (χ4v) is 2.56. The molecule has 0 radical (unpaired) electrons. The van der Waals surface area contributed by atoms with Crippen molar-refractivity contribution in [2.45, 2.75) is 0 Å². The van der Waals surface area contributed by atoms with Gasteiger partial charge in [0, 0.05) is 6.20 Å². The quantitative estimate of drug-likeness (QED) is 0.338. The highest BCUT2D eigenvalue weighted by molar-refractivity contribution is 7.96. The van der Waals surface area contributed by atoms with Gasteiger partial charge in [-0.1, -0.05) is 93.6 Å². The second-order valence-electron chi connectivity index (χ2n) is 4.79. The molecule has 0 amide bonds. The van der Waals surface area contributed by atoms with E-state index >= 15 is 0 Å². The molecular formula is C23H25NO3S. The minimum Gasteiger partial charge on any atom is -0.388 e. The third-order valence-corrected chi connectivity index (χ3v) is 4.07. The summed E-state index contributed by atoms with van der Waals surface area (Å²) in [4.78, 5) is 4.05. The average Bonchev–Trinajstić information content (AvgIpc) is 2.73. The monoisotopic (exact) mass is 395 g/mol. The minimum absolute atomic E-state index is 0.01000. The maximum atomic E-state index is 12.1. The molecule has 0 aliphatic carbocycles. The maximum Gasteiger partial charge on any atom is 0.340 e. The Kier molecular flexibility index (Phi) is 12.9. The smallest absolute Gasteiger partial charge is 0.340 e. The van der Waals surface area contributed by atoms with Gasteiger partial charge in [-0.3, -0.25) is 4.98 Å². The fraction of sp³-hybridized carbons (Fsp3) is 0. The molecule has 1 aromatic carbocycles. The standard InChI is InChI=1S/C15H13NO3S.2C4H6/c1-2-19-20(17,18)15(14-10-6-7-11-16-14)12-13-8-4-3-5-9-13;2*1-3-4-2/h2-12H,1H2;2*3-4H,1-2H2. The predicted octanol–water partition coefficient (Wildman–Crippen LogP) is 5.79. The van der Waals surface area contributed by atoms with Crippen LogP contribution in [0.5, 0.6) is 0 Å². The van der Waals surface area contributed by atoms with Gasteiger partial charge < -0.3 is 4.18 Å². The van der Waals surface area contributed by atoms with Crippen LogP contribution in [-0.2, 0) is 14.3 Å². The van der Waals surface area contributed by atoms with E-state index in [1.807, 2.05) is 18.2 Å². The average molecular weight is 396 g/mol. The van der Waals surface area contributed by atoms with Crippen molar-refractivity contribution < 1.29 is 12.6 Å². The molecule has 1 aromatic heterocycles. The number of nitrogens with zero attached hydrogens (tertiary/aromatic N) is 1. The Morgan fingerprint density at radius 3 is 1.79 bits per heavy atom. The Labute approximate surface area is 168 Å². The number of benzene rings is 1. The van der Waals surface area contributed by atoms with Crippen LogP contribution in [0, 0.1) is 0 Å². The molecule has 0 saturated carbocycles. The van der Waals surface area contributed by atoms with E-state index in [4.69, 9.17) is 0 Å². The number of hydrogen-bond acceptors (Lipinski definition) is 4. The normalized spacial score (nSPS) is 9.93. The van der Waals surface area contributed by atoms with Crippen molar-refractivity contribution in [3.63, 3.8) is 0 Å². The van der Waals surface area contributed by atoms with Crippen LogP contribution in [0.3, 0.4) is 0 Å². The van der Waals surface area contributed by atoms with Gasteiger partial charge >= 0.3 is 10.1 Å². The Bertz CT molecular complexity index is 860. The summed E-state index contributed by atoms with van der Waals surface area (Å²) >= 11 is 0. The molecule has 0 spiro atoms. The Balaban J connectivity index is 0.000000776. The van der Waals surface area contributed by atoms with Crippen molar-refractivity contribution in [3.8, 4) is 0 Å². The summed E-state index contributed by atoms with van der Waals surface area (Å²) in [5, 5.41) is 0. The summed E-state index contributed by atoms with van der Waals surface area (Å²) < 4.78 is 28.9. The molecular weight excluding hydrogens is 370 g/mol. The minimum atomic E-state index is -3.94. The highest BCUT2D eigenvalue weighted by Gasteiger charge is 2.21. The molecule has 0 aliphatic heterocycles. The van der Waals surface area contributed by atoms with Crippen LogP contribution in [0.1, 0.15) is 11.3 Å². The molecule has 0 bridgehead atoms. The van der Waals surface area contributed by atoms with Crippen LogP contribution in [0.2, 0.25) is 0 Å². The number of allylic oxidation sites excluding steroid dienone is 4. The van der Waals surface area contributed by atoms with Gasteiger partial charge in [0.15, 0.2) is 0 Å². The first-order chi connectivity index (χ1) is 13.5. The SMILES string of the molecule is C=CC=C.C=CC=C.C=COS(=O)(=O)C(=Cc1ccccc1)c1ccccn1. The fourth-order valence-electron chi connectivity index (χ4n) is 1.62. The van der Waals surface area contributed by atoms with Gasteiger partial charge in [0.1, 0.15) is 4.91 Å². The number of hydrogen-bond donors (Lipinski definition) is 0. The van der Waals surface area contributed by atoms with Crippen LogP contribution in [0.4, 0.5) is 0 Å². The zero-order valence-corrected chi connectivity index (χ0v) is 16.6. The molecule has 146 valence electrons. The first-order valence-electron chi connectivity index (χ1n) is 8.16. The largest absolute Gasteiger partial charge is 0.388 e. The molecule has 2 rings (SSSR count). The topological polar surface area (TPSA) is 56.3 Å². The highest BCUT2D eigenvalue weighted by Crippen LogP contribution is 2.23. The van der Waals surface area contributed by atoms with E-state index in [-0.39, 0.29) is 4.91 Å². The zero-order chi connectivity index (χ0) is 21.3. The van der Waals surface area contributed by atoms with E-state index in [0.717, 1.165) is 11.8 Å². The van der Waals surface area contributed by atoms with Gasteiger partial charge in [-0.25, -0.2) is 0 Å². The van der Waals surface area contributed by atoms with E-state index in [1.165, 1.54) is 12.3 Å². The van der Waals surface area contributed by atoms with E-state index in [1.54, 1.807) is 54.6 Å². The Hall–Kier alpha value is -3.44. The molecule has 0 N–H and O–H groups in total. The second-order valence-corrected chi connectivity index (χ2v) is 6.33. The lowest BCUT2D eigenvalue weighted by Crippen LogP contribution is -2.05. The van der Waals surface area contributed by atoms with Crippen molar-refractivity contribution in [2.75, 3.05) is 0 Å². The lowest BCUT2D eigenvalue weighted by molar-refractivity contribution is 0.456. The van der Waals surface area contributed by atoms with Gasteiger partial charge in [0.05, 0.1) is 12.0 Å². The molecule has 1 heterocycles. The first kappa shape index (κ1) is 24.6. The summed E-state index contributed by atoms with van der Waals surface area (Å²) in [7, 11) is -3.94. The molecule has 4 nitrogen and oxygen atoms in total. The summed E-state index contributed by atoms with van der Waals surface area (Å²) in [6.07, 6.45) is 10.5. The first-order valence-corrected chi connectivity index (χ1v) is 9.56. The summed E-state index contributed by atoms with van der Waals surface area (Å²) in [6, 6.07) is 14.1. The van der Waals surface area contributed by atoms with E-state index in [0.29, 0.717) is 5.69 Å². The van der Waals surface area contributed by atoms with Crippen molar-refractivity contribution in [1.82, 2.24) is 4.98 Å². The molecule has 5 heteroatoms. The van der Waals surface area contributed by atoms with Crippen molar-refractivity contribution in [2.24, 2.45) is 0 Å². The van der Waals surface area contributed by atoms with Crippen LogP contribution >= 0.6 is 0 Å². The van der Waals surface area contributed by atoms with Gasteiger partial charge in [0.2, 0.25) is 0 Å². The summed E-state index contributed by atoms with van der Waals surface area (Å²) in [5.74, 6) is 0. The molecule has 0 saturated heterocycles. The third-order valence-electron chi connectivity index (χ3n) is 2.81. The van der Waals surface area contributed by atoms with Crippen LogP contribution < -0.4 is 0 Å². The molecule has 0 unspecified atom stereocenters. The number of pyridine rings is 1. The number of aromatic nitrogens is 1. The molecule has 2 aromatic rings. The summed E-state index contributed by atoms with van der Waals surface area (Å²) in [6.45, 7) is 16.7. The van der Waals surface area contributed by atoms with Crippen LogP contribution in [0.25, 0.3) is 11.0 Å². The number of rotatable bonds is 7. The van der Waals surface area contributed by atoms with Gasteiger partial charge in [0.25, 0.3) is 0 Å². The zero-order valence-electron chi connectivity index (χ0n) is 15.8. The van der Waals surface area contributed by atoms with Crippen molar-refractivity contribution >= 4 is 21.1 Å². The molecule has 28 heavy (non-hydrogen) atoms. The lowest BCUT2D eigenvalue weighted by Gasteiger charge is -2.07. The van der Waals surface area contributed by atoms with Gasteiger partial charge in [-0.2, -0.15) is 8.42 Å². The Morgan fingerprint density at radius 2 is 1.36 bits per heavy atom. The lowest BCUT2D eigenvalue weighted by atomic mass is 10.2. The highest BCUT2D eigenvalue weighted by atomic mass is 32.2. The van der Waals surface area contributed by atoms with Crippen LogP contribution in [-0.4, -0.2) is 13.4 Å². The predicted molar refractivity (Wildman–Crippen MR) is 120 cm³/mol. The van der Waals surface area contributed by atoms with E-state index in [9.17, 15) is 8.42 Å². The van der Waals surface area contributed by atoms with Crippen molar-refractivity contribution in [1.29, 1.82) is 0 Å². The van der Waals surface area contributed by atoms with Crippen molar-refractivity contribution in [3.05, 3.63) is 129 Å². The van der Waals surface area contributed by atoms with E-state index in [2.05, 4.69) is 42.1 Å². The van der Waals surface area contributed by atoms with Crippen LogP contribution in [0.15, 0.2) is 118 Å². The molecule has 0 fully saturated rings. The molecule has 0 atom stereocenters. The third kappa shape index (κ3) is 9.89. The molecule has 0 aliphatic rings. The Morgan fingerprint density at radius 1 is 0.821 bits per heavy atom. The maximum absolute atomic E-state index is 12.1. The van der Waals surface area contributed by atoms with Gasteiger partial charge in [-0.05, 0) is 23.8 Å². The second kappa shape index (κ2) is 14.7. The summed E-state index contributed by atoms with van der Waals surface area (Å²) in [5.41, 5.74) is 1.06. The van der Waals surface area contributed by atoms with Gasteiger partial charge in [-0.15, -0.1) is 0 Å².